The predicted molar refractivity (Wildman–Crippen MR) is 110 cm³/mol. The highest BCUT2D eigenvalue weighted by molar-refractivity contribution is 5.91. The number of hydrogen-bond acceptors (Lipinski definition) is 5. The quantitative estimate of drug-likeness (QED) is 0.760. The second-order valence-electron chi connectivity index (χ2n) is 8.07. The number of pyridine rings is 1. The molecule has 7 heteroatoms. The monoisotopic (exact) mass is 398 g/mol. The van der Waals surface area contributed by atoms with Gasteiger partial charge < -0.3 is 19.4 Å². The fraction of sp³-hybridized carbons (Fsp3) is 0.591. The minimum absolute atomic E-state index is 0.110. The molecule has 7 nitrogen and oxygen atoms in total. The van der Waals surface area contributed by atoms with Crippen molar-refractivity contribution in [1.82, 2.24) is 14.8 Å². The first kappa shape index (κ1) is 19.9. The van der Waals surface area contributed by atoms with Gasteiger partial charge in [-0.25, -0.2) is 4.98 Å². The Morgan fingerprint density at radius 3 is 2.76 bits per heavy atom. The van der Waals surface area contributed by atoms with Crippen molar-refractivity contribution in [3.8, 4) is 0 Å². The third-order valence-corrected chi connectivity index (χ3v) is 6.46. The maximum atomic E-state index is 13.8. The number of amides is 2. The van der Waals surface area contributed by atoms with Crippen LogP contribution in [0.25, 0.3) is 0 Å². The number of carbonyl (C=O) groups is 2. The van der Waals surface area contributed by atoms with Gasteiger partial charge in [0.15, 0.2) is 0 Å². The zero-order valence-corrected chi connectivity index (χ0v) is 17.2. The van der Waals surface area contributed by atoms with E-state index < -0.39 is 5.41 Å². The van der Waals surface area contributed by atoms with E-state index in [0.29, 0.717) is 39.1 Å². The van der Waals surface area contributed by atoms with Crippen LogP contribution in [0.5, 0.6) is 0 Å². The number of hydrogen-bond donors (Lipinski definition) is 0. The van der Waals surface area contributed by atoms with Crippen LogP contribution in [-0.2, 0) is 14.3 Å². The number of fused-ring (bicyclic) bond motifs is 1. The van der Waals surface area contributed by atoms with E-state index >= 15 is 0 Å². The topological polar surface area (TPSA) is 66.0 Å². The summed E-state index contributed by atoms with van der Waals surface area (Å²) >= 11 is 0. The second kappa shape index (κ2) is 8.53. The van der Waals surface area contributed by atoms with E-state index in [4.69, 9.17) is 4.74 Å². The fourth-order valence-corrected chi connectivity index (χ4v) is 4.91. The molecule has 156 valence electrons. The highest BCUT2D eigenvalue weighted by atomic mass is 16.5. The fourth-order valence-electron chi connectivity index (χ4n) is 4.91. The summed E-state index contributed by atoms with van der Waals surface area (Å²) < 4.78 is 5.21. The lowest BCUT2D eigenvalue weighted by Gasteiger charge is -2.49. The van der Waals surface area contributed by atoms with Crippen LogP contribution < -0.4 is 4.90 Å². The zero-order valence-electron chi connectivity index (χ0n) is 17.2. The molecule has 2 aliphatic heterocycles. The van der Waals surface area contributed by atoms with E-state index in [-0.39, 0.29) is 11.8 Å². The van der Waals surface area contributed by atoms with Gasteiger partial charge in [-0.1, -0.05) is 12.1 Å². The molecule has 0 N–H and O–H groups in total. The number of piperidine rings is 1. The van der Waals surface area contributed by atoms with Gasteiger partial charge in [-0.3, -0.25) is 9.59 Å². The number of ether oxygens (including phenoxy) is 1. The predicted octanol–water partition coefficient (Wildman–Crippen LogP) is 2.05. The Morgan fingerprint density at radius 2 is 2.03 bits per heavy atom. The summed E-state index contributed by atoms with van der Waals surface area (Å²) in [6.07, 6.45) is 7.73. The summed E-state index contributed by atoms with van der Waals surface area (Å²) in [5.41, 5.74) is 0.377. The van der Waals surface area contributed by atoms with Crippen molar-refractivity contribution in [3.05, 3.63) is 36.2 Å². The van der Waals surface area contributed by atoms with Crippen molar-refractivity contribution < 1.29 is 14.3 Å². The summed E-state index contributed by atoms with van der Waals surface area (Å²) in [7, 11) is 1.64. The van der Waals surface area contributed by atoms with E-state index in [1.165, 1.54) is 0 Å². The Bertz CT molecular complexity index is 774. The van der Waals surface area contributed by atoms with Gasteiger partial charge in [0, 0.05) is 58.1 Å². The molecule has 0 aromatic carbocycles. The molecule has 3 aliphatic rings. The molecular weight excluding hydrogens is 368 g/mol. The number of aromatic nitrogens is 1. The number of likely N-dealkylation sites (tertiary alicyclic amines) is 1. The second-order valence-corrected chi connectivity index (χ2v) is 8.07. The normalized spacial score (nSPS) is 24.9. The van der Waals surface area contributed by atoms with E-state index in [1.807, 2.05) is 28.0 Å². The summed E-state index contributed by atoms with van der Waals surface area (Å²) in [6.45, 7) is 3.95. The van der Waals surface area contributed by atoms with Crippen LogP contribution in [0.1, 0.15) is 32.1 Å². The number of methoxy groups -OCH3 is 1. The van der Waals surface area contributed by atoms with Crippen molar-refractivity contribution in [3.63, 3.8) is 0 Å². The molecule has 2 fully saturated rings. The first-order valence-electron chi connectivity index (χ1n) is 10.6. The zero-order chi connectivity index (χ0) is 20.3. The number of allylic oxidation sites excluding steroid dienone is 1. The number of nitrogens with zero attached hydrogens (tertiary/aromatic N) is 4. The third kappa shape index (κ3) is 3.75. The van der Waals surface area contributed by atoms with Gasteiger partial charge in [0.25, 0.3) is 0 Å². The van der Waals surface area contributed by atoms with Crippen LogP contribution in [-0.4, -0.2) is 73.0 Å². The van der Waals surface area contributed by atoms with Gasteiger partial charge in [0.1, 0.15) is 5.82 Å². The summed E-state index contributed by atoms with van der Waals surface area (Å²) in [4.78, 5) is 36.8. The Morgan fingerprint density at radius 1 is 1.21 bits per heavy atom. The molecule has 2 amide bonds. The molecule has 3 heterocycles. The SMILES string of the molecule is COCCN1C(=O)CCC2(C(=O)N3CCN(c4ccccn4)CC3)CCCC=C12. The number of carbonyl (C=O) groups excluding carboxylic acids is 2. The van der Waals surface area contributed by atoms with Gasteiger partial charge in [0.05, 0.1) is 12.0 Å². The third-order valence-electron chi connectivity index (χ3n) is 6.46. The maximum absolute atomic E-state index is 13.8. The van der Waals surface area contributed by atoms with Crippen LogP contribution in [0.4, 0.5) is 5.82 Å². The Kier molecular flexibility index (Phi) is 5.85. The van der Waals surface area contributed by atoms with Gasteiger partial charge >= 0.3 is 0 Å². The molecular formula is C22H30N4O3. The van der Waals surface area contributed by atoms with Crippen LogP contribution >= 0.6 is 0 Å². The van der Waals surface area contributed by atoms with E-state index in [0.717, 1.165) is 43.9 Å². The molecule has 0 radical (unpaired) electrons. The van der Waals surface area contributed by atoms with Crippen molar-refractivity contribution in [2.24, 2.45) is 5.41 Å². The van der Waals surface area contributed by atoms with E-state index in [9.17, 15) is 9.59 Å². The molecule has 1 aromatic rings. The number of rotatable bonds is 5. The Hall–Kier alpha value is -2.41. The Balaban J connectivity index is 1.50. The largest absolute Gasteiger partial charge is 0.383 e. The molecule has 0 bridgehead atoms. The van der Waals surface area contributed by atoms with Crippen LogP contribution in [0.3, 0.4) is 0 Å². The Labute approximate surface area is 172 Å². The number of piperazine rings is 1. The van der Waals surface area contributed by atoms with Crippen LogP contribution in [0, 0.1) is 5.41 Å². The van der Waals surface area contributed by atoms with Crippen molar-refractivity contribution in [2.45, 2.75) is 32.1 Å². The van der Waals surface area contributed by atoms with Crippen LogP contribution in [0.15, 0.2) is 36.2 Å². The number of anilines is 1. The van der Waals surface area contributed by atoms with E-state index in [1.54, 1.807) is 13.3 Å². The molecule has 0 saturated carbocycles. The molecule has 1 aromatic heterocycles. The minimum Gasteiger partial charge on any atom is -0.383 e. The standard InChI is InChI=1S/C22H30N4O3/c1-29-17-16-26-18-6-2-4-9-22(18,10-8-20(26)27)21(28)25-14-12-24(13-15-25)19-7-3-5-11-23-19/h3,5-7,11H,2,4,8-10,12-17H2,1H3. The van der Waals surface area contributed by atoms with Gasteiger partial charge in [-0.15, -0.1) is 0 Å². The molecule has 1 atom stereocenters. The summed E-state index contributed by atoms with van der Waals surface area (Å²) in [6, 6.07) is 5.92. The van der Waals surface area contributed by atoms with Gasteiger partial charge in [0.2, 0.25) is 11.8 Å². The maximum Gasteiger partial charge on any atom is 0.234 e. The molecule has 1 aliphatic carbocycles. The molecule has 0 spiro atoms. The van der Waals surface area contributed by atoms with Gasteiger partial charge in [-0.2, -0.15) is 0 Å². The average molecular weight is 399 g/mol. The molecule has 29 heavy (non-hydrogen) atoms. The summed E-state index contributed by atoms with van der Waals surface area (Å²) in [5.74, 6) is 1.27. The smallest absolute Gasteiger partial charge is 0.234 e. The minimum atomic E-state index is -0.549. The lowest BCUT2D eigenvalue weighted by molar-refractivity contribution is -0.148. The first-order chi connectivity index (χ1) is 14.2. The van der Waals surface area contributed by atoms with Crippen LogP contribution in [0.2, 0.25) is 0 Å². The highest BCUT2D eigenvalue weighted by Gasteiger charge is 2.51. The average Bonchev–Trinajstić information content (AvgIpc) is 2.79. The van der Waals surface area contributed by atoms with Gasteiger partial charge in [-0.05, 0) is 37.8 Å². The van der Waals surface area contributed by atoms with Crippen molar-refractivity contribution in [2.75, 3.05) is 51.3 Å². The summed E-state index contributed by atoms with van der Waals surface area (Å²) in [5, 5.41) is 0. The highest BCUT2D eigenvalue weighted by Crippen LogP contribution is 2.48. The van der Waals surface area contributed by atoms with E-state index in [2.05, 4.69) is 16.0 Å². The molecule has 2 saturated heterocycles. The lowest BCUT2D eigenvalue weighted by atomic mass is 9.68. The first-order valence-corrected chi connectivity index (χ1v) is 10.6. The lowest BCUT2D eigenvalue weighted by Crippen LogP contribution is -2.58. The molecule has 1 unspecified atom stereocenters. The molecule has 4 rings (SSSR count). The van der Waals surface area contributed by atoms with Crippen molar-refractivity contribution >= 4 is 17.6 Å². The van der Waals surface area contributed by atoms with Crippen molar-refractivity contribution in [1.29, 1.82) is 0 Å².